The van der Waals surface area contributed by atoms with E-state index in [0.29, 0.717) is 6.04 Å². The minimum Gasteiger partial charge on any atom is -0.457 e. The molecule has 1 aliphatic carbocycles. The van der Waals surface area contributed by atoms with E-state index in [1.807, 2.05) is 30.3 Å². The number of hydrogen-bond acceptors (Lipinski definition) is 2. The smallest absolute Gasteiger partial charge is 0.127 e. The van der Waals surface area contributed by atoms with Gasteiger partial charge in [-0.2, -0.15) is 0 Å². The zero-order chi connectivity index (χ0) is 22.4. The maximum Gasteiger partial charge on any atom is 0.127 e. The maximum absolute atomic E-state index is 6.10. The molecule has 0 saturated heterocycles. The SMILES string of the molecule is Cc1ccc2c(c1)c1c3n2CCCN(Cc2cccc(Oc4ccc(Cl)cc4)c2)[C@H]3CCC1. The van der Waals surface area contributed by atoms with Crippen molar-refractivity contribution in [2.75, 3.05) is 6.54 Å². The van der Waals surface area contributed by atoms with Gasteiger partial charge in [-0.1, -0.05) is 35.4 Å². The molecule has 0 spiro atoms. The average Bonchev–Trinajstić information content (AvgIpc) is 3.01. The van der Waals surface area contributed by atoms with Crippen molar-refractivity contribution in [1.82, 2.24) is 9.47 Å². The van der Waals surface area contributed by atoms with E-state index in [0.717, 1.165) is 36.2 Å². The summed E-state index contributed by atoms with van der Waals surface area (Å²) in [5.41, 5.74) is 7.26. The van der Waals surface area contributed by atoms with Gasteiger partial charge in [0.25, 0.3) is 0 Å². The van der Waals surface area contributed by atoms with Crippen LogP contribution in [0.2, 0.25) is 5.02 Å². The molecule has 0 bridgehead atoms. The van der Waals surface area contributed by atoms with E-state index in [2.05, 4.69) is 52.8 Å². The molecule has 0 unspecified atom stereocenters. The Balaban J connectivity index is 1.30. The summed E-state index contributed by atoms with van der Waals surface area (Å²) >= 11 is 6.01. The first-order valence-electron chi connectivity index (χ1n) is 12.0. The molecule has 0 N–H and O–H groups in total. The highest BCUT2D eigenvalue weighted by atomic mass is 35.5. The third kappa shape index (κ3) is 3.94. The van der Waals surface area contributed by atoms with Gasteiger partial charge in [0.05, 0.1) is 6.04 Å². The zero-order valence-electron chi connectivity index (χ0n) is 19.1. The van der Waals surface area contributed by atoms with Gasteiger partial charge in [-0.25, -0.2) is 0 Å². The Kier molecular flexibility index (Phi) is 5.40. The van der Waals surface area contributed by atoms with Crippen molar-refractivity contribution in [3.05, 3.63) is 94.1 Å². The number of aryl methyl sites for hydroxylation is 3. The quantitative estimate of drug-likeness (QED) is 0.313. The van der Waals surface area contributed by atoms with Crippen molar-refractivity contribution < 1.29 is 4.74 Å². The van der Waals surface area contributed by atoms with Crippen LogP contribution in [0.1, 0.15) is 47.7 Å². The highest BCUT2D eigenvalue weighted by Crippen LogP contribution is 2.42. The topological polar surface area (TPSA) is 17.4 Å². The summed E-state index contributed by atoms with van der Waals surface area (Å²) in [6, 6.07) is 23.6. The van der Waals surface area contributed by atoms with E-state index in [4.69, 9.17) is 16.3 Å². The molecule has 4 heteroatoms. The van der Waals surface area contributed by atoms with Crippen molar-refractivity contribution in [2.24, 2.45) is 0 Å². The molecular weight excluding hydrogens is 428 g/mol. The van der Waals surface area contributed by atoms with Crippen LogP contribution in [0.25, 0.3) is 10.9 Å². The van der Waals surface area contributed by atoms with Crippen LogP contribution in [0.15, 0.2) is 66.7 Å². The summed E-state index contributed by atoms with van der Waals surface area (Å²) in [5, 5.41) is 2.20. The molecule has 1 atom stereocenters. The molecular formula is C29H29ClN2O. The lowest BCUT2D eigenvalue weighted by Crippen LogP contribution is -2.31. The Morgan fingerprint density at radius 3 is 2.70 bits per heavy atom. The van der Waals surface area contributed by atoms with Gasteiger partial charge in [0.15, 0.2) is 0 Å². The van der Waals surface area contributed by atoms with Crippen molar-refractivity contribution in [3.63, 3.8) is 0 Å². The predicted molar refractivity (Wildman–Crippen MR) is 135 cm³/mol. The lowest BCUT2D eigenvalue weighted by Gasteiger charge is -2.33. The fraction of sp³-hybridized carbons (Fsp3) is 0.310. The molecule has 2 aliphatic rings. The van der Waals surface area contributed by atoms with Crippen LogP contribution in [0.4, 0.5) is 0 Å². The Bertz CT molecular complexity index is 1300. The van der Waals surface area contributed by atoms with Crippen molar-refractivity contribution >= 4 is 22.5 Å². The molecule has 168 valence electrons. The van der Waals surface area contributed by atoms with E-state index in [-0.39, 0.29) is 0 Å². The molecule has 2 heterocycles. The summed E-state index contributed by atoms with van der Waals surface area (Å²) in [4.78, 5) is 2.70. The van der Waals surface area contributed by atoms with E-state index in [1.54, 1.807) is 11.3 Å². The second-order valence-corrected chi connectivity index (χ2v) is 9.91. The molecule has 0 radical (unpaired) electrons. The largest absolute Gasteiger partial charge is 0.457 e. The molecule has 0 fully saturated rings. The lowest BCUT2D eigenvalue weighted by atomic mass is 9.90. The van der Waals surface area contributed by atoms with E-state index in [9.17, 15) is 0 Å². The van der Waals surface area contributed by atoms with Crippen LogP contribution in [0.3, 0.4) is 0 Å². The van der Waals surface area contributed by atoms with Crippen molar-refractivity contribution in [1.29, 1.82) is 0 Å². The number of fused-ring (bicyclic) bond motifs is 3. The molecule has 6 rings (SSSR count). The lowest BCUT2D eigenvalue weighted by molar-refractivity contribution is 0.173. The Hall–Kier alpha value is -2.75. The van der Waals surface area contributed by atoms with Gasteiger partial charge in [-0.15, -0.1) is 0 Å². The van der Waals surface area contributed by atoms with E-state index >= 15 is 0 Å². The van der Waals surface area contributed by atoms with Crippen molar-refractivity contribution in [3.8, 4) is 11.5 Å². The molecule has 3 aromatic carbocycles. The summed E-state index contributed by atoms with van der Waals surface area (Å²) in [6.07, 6.45) is 4.89. The van der Waals surface area contributed by atoms with Gasteiger partial charge in [-0.3, -0.25) is 4.90 Å². The number of halogens is 1. The van der Waals surface area contributed by atoms with E-state index < -0.39 is 0 Å². The third-order valence-electron chi connectivity index (χ3n) is 7.19. The Labute approximate surface area is 200 Å². The van der Waals surface area contributed by atoms with E-state index in [1.165, 1.54) is 47.7 Å². The Morgan fingerprint density at radius 2 is 1.82 bits per heavy atom. The normalized spacial score (nSPS) is 18.2. The fourth-order valence-electron chi connectivity index (χ4n) is 5.76. The summed E-state index contributed by atoms with van der Waals surface area (Å²) in [6.45, 7) is 5.40. The first-order valence-corrected chi connectivity index (χ1v) is 12.4. The molecule has 4 aromatic rings. The molecule has 1 aliphatic heterocycles. The number of rotatable bonds is 4. The number of aromatic nitrogens is 1. The van der Waals surface area contributed by atoms with Gasteiger partial charge in [0.2, 0.25) is 0 Å². The maximum atomic E-state index is 6.10. The first-order chi connectivity index (χ1) is 16.2. The van der Waals surface area contributed by atoms with Gasteiger partial charge >= 0.3 is 0 Å². The van der Waals surface area contributed by atoms with Crippen LogP contribution < -0.4 is 4.74 Å². The average molecular weight is 457 g/mol. The fourth-order valence-corrected chi connectivity index (χ4v) is 5.89. The Morgan fingerprint density at radius 1 is 0.939 bits per heavy atom. The van der Waals surface area contributed by atoms with Crippen molar-refractivity contribution in [2.45, 2.75) is 51.7 Å². The molecule has 1 aromatic heterocycles. The molecule has 33 heavy (non-hydrogen) atoms. The summed E-state index contributed by atoms with van der Waals surface area (Å²) in [7, 11) is 0. The minimum absolute atomic E-state index is 0.491. The van der Waals surface area contributed by atoms with Crippen LogP contribution >= 0.6 is 11.6 Å². The number of hydrogen-bond donors (Lipinski definition) is 0. The van der Waals surface area contributed by atoms with Crippen LogP contribution in [-0.2, 0) is 19.5 Å². The first kappa shape index (κ1) is 20.8. The number of benzene rings is 3. The standard InChI is InChI=1S/C29H29ClN2O/c1-20-9-14-27-26(17-20)25-7-3-8-28-29(25)32(27)16-4-15-31(28)19-21-5-2-6-24(18-21)33-23-12-10-22(30)11-13-23/h2,5-6,9-14,17-18,28H,3-4,7-8,15-16,19H2,1H3/t28-/m0/s1. The monoisotopic (exact) mass is 456 g/mol. The highest BCUT2D eigenvalue weighted by Gasteiger charge is 2.33. The molecule has 0 saturated carbocycles. The van der Waals surface area contributed by atoms with Crippen LogP contribution in [-0.4, -0.2) is 16.0 Å². The number of ether oxygens (including phenoxy) is 1. The number of nitrogens with zero attached hydrogens (tertiary/aromatic N) is 2. The molecule has 0 amide bonds. The summed E-state index contributed by atoms with van der Waals surface area (Å²) < 4.78 is 8.73. The molecule has 3 nitrogen and oxygen atoms in total. The third-order valence-corrected chi connectivity index (χ3v) is 7.44. The predicted octanol–water partition coefficient (Wildman–Crippen LogP) is 7.68. The zero-order valence-corrected chi connectivity index (χ0v) is 19.8. The van der Waals surface area contributed by atoms with Gasteiger partial charge < -0.3 is 9.30 Å². The minimum atomic E-state index is 0.491. The summed E-state index contributed by atoms with van der Waals surface area (Å²) in [5.74, 6) is 1.68. The second-order valence-electron chi connectivity index (χ2n) is 9.47. The highest BCUT2D eigenvalue weighted by molar-refractivity contribution is 6.30. The second kappa shape index (κ2) is 8.55. The van der Waals surface area contributed by atoms with Gasteiger partial charge in [0.1, 0.15) is 11.5 Å². The van der Waals surface area contributed by atoms with Gasteiger partial charge in [0, 0.05) is 41.3 Å². The van der Waals surface area contributed by atoms with Crippen LogP contribution in [0.5, 0.6) is 11.5 Å². The van der Waals surface area contributed by atoms with Gasteiger partial charge in [-0.05, 0) is 92.3 Å². The van der Waals surface area contributed by atoms with Crippen LogP contribution in [0, 0.1) is 6.92 Å².